The van der Waals surface area contributed by atoms with Gasteiger partial charge in [0.15, 0.2) is 0 Å². The van der Waals surface area contributed by atoms with Gasteiger partial charge in [-0.05, 0) is 24.1 Å². The van der Waals surface area contributed by atoms with Crippen LogP contribution in [-0.2, 0) is 0 Å². The molecular formula is C15H21N3O. The molecule has 1 heterocycles. The normalized spacial score (nSPS) is 11.8. The maximum atomic E-state index is 12.4. The van der Waals surface area contributed by atoms with Crippen LogP contribution >= 0.6 is 0 Å². The summed E-state index contributed by atoms with van der Waals surface area (Å²) in [5, 5.41) is 1.05. The molecule has 0 aliphatic heterocycles. The highest BCUT2D eigenvalue weighted by Gasteiger charge is 2.22. The molecule has 4 heteroatoms. The van der Waals surface area contributed by atoms with E-state index in [2.05, 4.69) is 18.8 Å². The summed E-state index contributed by atoms with van der Waals surface area (Å²) in [6.45, 7) is 5.30. The second-order valence-corrected chi connectivity index (χ2v) is 5.80. The number of carbonyl (C=O) groups excluding carboxylic acids is 1. The Morgan fingerprint density at radius 2 is 2.05 bits per heavy atom. The molecule has 0 radical (unpaired) electrons. The van der Waals surface area contributed by atoms with Crippen LogP contribution in [0.5, 0.6) is 0 Å². The highest BCUT2D eigenvalue weighted by molar-refractivity contribution is 5.97. The maximum absolute atomic E-state index is 12.4. The van der Waals surface area contributed by atoms with Gasteiger partial charge in [-0.1, -0.05) is 32.0 Å². The van der Waals surface area contributed by atoms with E-state index in [1.165, 1.54) is 0 Å². The van der Waals surface area contributed by atoms with Crippen molar-refractivity contribution in [2.24, 2.45) is 11.1 Å². The fourth-order valence-corrected chi connectivity index (χ4v) is 2.17. The number of nitrogens with two attached hydrogens (primary N) is 1. The van der Waals surface area contributed by atoms with Gasteiger partial charge in [0.1, 0.15) is 5.69 Å². The van der Waals surface area contributed by atoms with Crippen LogP contribution < -0.4 is 5.73 Å². The second kappa shape index (κ2) is 5.05. The third-order valence-corrected chi connectivity index (χ3v) is 3.32. The van der Waals surface area contributed by atoms with Crippen LogP contribution in [0.4, 0.5) is 0 Å². The smallest absolute Gasteiger partial charge is 0.270 e. The van der Waals surface area contributed by atoms with E-state index >= 15 is 0 Å². The predicted octanol–water partition coefficient (Wildman–Crippen LogP) is 2.22. The predicted molar refractivity (Wildman–Crippen MR) is 78.1 cm³/mol. The lowest BCUT2D eigenvalue weighted by Crippen LogP contribution is -2.39. The summed E-state index contributed by atoms with van der Waals surface area (Å²) in [5.74, 6) is -0.00211. The average Bonchev–Trinajstić information content (AvgIpc) is 2.81. The van der Waals surface area contributed by atoms with Gasteiger partial charge in [0, 0.05) is 24.5 Å². The van der Waals surface area contributed by atoms with Crippen LogP contribution in [-0.4, -0.2) is 35.9 Å². The Morgan fingerprint density at radius 3 is 2.68 bits per heavy atom. The number of para-hydroxylation sites is 1. The van der Waals surface area contributed by atoms with Gasteiger partial charge in [0.2, 0.25) is 0 Å². The van der Waals surface area contributed by atoms with E-state index < -0.39 is 0 Å². The number of benzene rings is 1. The highest BCUT2D eigenvalue weighted by atomic mass is 16.2. The number of aromatic amines is 1. The van der Waals surface area contributed by atoms with Gasteiger partial charge in [0.25, 0.3) is 5.91 Å². The molecule has 0 saturated carbocycles. The number of hydrogen-bond donors (Lipinski definition) is 2. The summed E-state index contributed by atoms with van der Waals surface area (Å²) in [4.78, 5) is 17.2. The molecule has 2 rings (SSSR count). The molecule has 0 bridgehead atoms. The number of rotatable bonds is 4. The van der Waals surface area contributed by atoms with Crippen LogP contribution in [0.25, 0.3) is 10.9 Å². The van der Waals surface area contributed by atoms with Crippen molar-refractivity contribution >= 4 is 16.8 Å². The van der Waals surface area contributed by atoms with Crippen molar-refractivity contribution in [3.05, 3.63) is 36.0 Å². The summed E-state index contributed by atoms with van der Waals surface area (Å²) >= 11 is 0. The molecule has 0 fully saturated rings. The van der Waals surface area contributed by atoms with Gasteiger partial charge in [-0.25, -0.2) is 0 Å². The lowest BCUT2D eigenvalue weighted by Gasteiger charge is -2.28. The first-order chi connectivity index (χ1) is 8.93. The third kappa shape index (κ3) is 2.96. The first-order valence-corrected chi connectivity index (χ1v) is 6.46. The van der Waals surface area contributed by atoms with Gasteiger partial charge in [-0.3, -0.25) is 4.79 Å². The molecule has 1 amide bonds. The van der Waals surface area contributed by atoms with E-state index in [0.29, 0.717) is 18.8 Å². The molecule has 4 nitrogen and oxygen atoms in total. The Hall–Kier alpha value is -1.81. The largest absolute Gasteiger partial charge is 0.351 e. The quantitative estimate of drug-likeness (QED) is 0.884. The number of nitrogens with zero attached hydrogens (tertiary/aromatic N) is 1. The summed E-state index contributed by atoms with van der Waals surface area (Å²) in [6.07, 6.45) is 0. The SMILES string of the molecule is CN(CC(C)(C)CN)C(=O)c1cc2ccccc2[nH]1. The Balaban J connectivity index is 2.19. The van der Waals surface area contributed by atoms with Crippen molar-refractivity contribution < 1.29 is 4.79 Å². The molecule has 3 N–H and O–H groups in total. The van der Waals surface area contributed by atoms with Gasteiger partial charge < -0.3 is 15.6 Å². The molecule has 0 atom stereocenters. The van der Waals surface area contributed by atoms with Gasteiger partial charge in [-0.15, -0.1) is 0 Å². The minimum absolute atomic E-state index is 0.00211. The first kappa shape index (κ1) is 13.6. The number of fused-ring (bicyclic) bond motifs is 1. The zero-order chi connectivity index (χ0) is 14.0. The topological polar surface area (TPSA) is 62.1 Å². The van der Waals surface area contributed by atoms with E-state index in [4.69, 9.17) is 5.73 Å². The van der Waals surface area contributed by atoms with Crippen LogP contribution in [0, 0.1) is 5.41 Å². The van der Waals surface area contributed by atoms with E-state index in [1.807, 2.05) is 37.4 Å². The number of H-pyrrole nitrogens is 1. The Morgan fingerprint density at radius 1 is 1.37 bits per heavy atom. The van der Waals surface area contributed by atoms with Crippen molar-refractivity contribution in [2.75, 3.05) is 20.1 Å². The fourth-order valence-electron chi connectivity index (χ4n) is 2.17. The minimum Gasteiger partial charge on any atom is -0.351 e. The van der Waals surface area contributed by atoms with E-state index in [-0.39, 0.29) is 11.3 Å². The monoisotopic (exact) mass is 259 g/mol. The van der Waals surface area contributed by atoms with Crippen LogP contribution in [0.3, 0.4) is 0 Å². The summed E-state index contributed by atoms with van der Waals surface area (Å²) in [6, 6.07) is 9.77. The molecular weight excluding hydrogens is 238 g/mol. The van der Waals surface area contributed by atoms with Gasteiger partial charge in [0.05, 0.1) is 0 Å². The highest BCUT2D eigenvalue weighted by Crippen LogP contribution is 2.18. The van der Waals surface area contributed by atoms with E-state index in [0.717, 1.165) is 10.9 Å². The van der Waals surface area contributed by atoms with Gasteiger partial charge >= 0.3 is 0 Å². The maximum Gasteiger partial charge on any atom is 0.270 e. The molecule has 1 aromatic carbocycles. The molecule has 1 aromatic heterocycles. The molecule has 0 unspecified atom stereocenters. The minimum atomic E-state index is -0.0730. The molecule has 2 aromatic rings. The Bertz CT molecular complexity index is 553. The van der Waals surface area contributed by atoms with Crippen LogP contribution in [0.2, 0.25) is 0 Å². The standard InChI is InChI=1S/C15H21N3O/c1-15(2,9-16)10-18(3)14(19)13-8-11-6-4-5-7-12(11)17-13/h4-8,17H,9-10,16H2,1-3H3. The number of carbonyl (C=O) groups is 1. The number of nitrogens with one attached hydrogen (secondary N) is 1. The number of hydrogen-bond acceptors (Lipinski definition) is 2. The van der Waals surface area contributed by atoms with E-state index in [9.17, 15) is 4.79 Å². The van der Waals surface area contributed by atoms with Crippen molar-refractivity contribution in [3.63, 3.8) is 0 Å². The van der Waals surface area contributed by atoms with Crippen LogP contribution in [0.1, 0.15) is 24.3 Å². The summed E-state index contributed by atoms with van der Waals surface area (Å²) in [5.41, 5.74) is 7.24. The molecule has 0 aliphatic rings. The number of amides is 1. The lowest BCUT2D eigenvalue weighted by atomic mass is 9.93. The molecule has 102 valence electrons. The number of aromatic nitrogens is 1. The van der Waals surface area contributed by atoms with Crippen LogP contribution in [0.15, 0.2) is 30.3 Å². The zero-order valence-corrected chi connectivity index (χ0v) is 11.7. The molecule has 0 spiro atoms. The summed E-state index contributed by atoms with van der Waals surface area (Å²) in [7, 11) is 1.81. The third-order valence-electron chi connectivity index (χ3n) is 3.32. The first-order valence-electron chi connectivity index (χ1n) is 6.46. The van der Waals surface area contributed by atoms with Crippen molar-refractivity contribution in [2.45, 2.75) is 13.8 Å². The summed E-state index contributed by atoms with van der Waals surface area (Å²) < 4.78 is 0. The fraction of sp³-hybridized carbons (Fsp3) is 0.400. The lowest BCUT2D eigenvalue weighted by molar-refractivity contribution is 0.0735. The average molecular weight is 259 g/mol. The molecule has 19 heavy (non-hydrogen) atoms. The van der Waals surface area contributed by atoms with Crippen molar-refractivity contribution in [1.29, 1.82) is 0 Å². The molecule has 0 aliphatic carbocycles. The van der Waals surface area contributed by atoms with E-state index in [1.54, 1.807) is 4.90 Å². The molecule has 0 saturated heterocycles. The van der Waals surface area contributed by atoms with Crippen molar-refractivity contribution in [1.82, 2.24) is 9.88 Å². The second-order valence-electron chi connectivity index (χ2n) is 5.80. The zero-order valence-electron chi connectivity index (χ0n) is 11.7. The Labute approximate surface area is 113 Å². The Kier molecular flexibility index (Phi) is 3.62. The van der Waals surface area contributed by atoms with Gasteiger partial charge in [-0.2, -0.15) is 0 Å². The van der Waals surface area contributed by atoms with Crippen molar-refractivity contribution in [3.8, 4) is 0 Å².